The molecule has 0 bridgehead atoms. The summed E-state index contributed by atoms with van der Waals surface area (Å²) in [6.07, 6.45) is -7.31. The highest BCUT2D eigenvalue weighted by atomic mass is 32.2. The Balaban J connectivity index is 3.22. The third-order valence-electron chi connectivity index (χ3n) is 2.95. The van der Waals surface area contributed by atoms with Gasteiger partial charge in [0.15, 0.2) is 0 Å². The highest BCUT2D eigenvalue weighted by Crippen LogP contribution is 2.55. The lowest BCUT2D eigenvalue weighted by atomic mass is 10.1. The van der Waals surface area contributed by atoms with Crippen molar-refractivity contribution in [3.63, 3.8) is 0 Å². The third kappa shape index (κ3) is 4.72. The summed E-state index contributed by atoms with van der Waals surface area (Å²) in [4.78, 5) is 0. The largest absolute Gasteiger partial charge is 0.534 e. The molecule has 31 heavy (non-hydrogen) atoms. The van der Waals surface area contributed by atoms with Gasteiger partial charge in [0.1, 0.15) is 11.5 Å². The van der Waals surface area contributed by atoms with Gasteiger partial charge in [-0.15, -0.1) is 0 Å². The summed E-state index contributed by atoms with van der Waals surface area (Å²) < 4.78 is 202. The van der Waals surface area contributed by atoms with Gasteiger partial charge < -0.3 is 8.37 Å². The van der Waals surface area contributed by atoms with E-state index < -0.39 is 60.5 Å². The number of rotatable bonds is 7. The molecule has 0 amide bonds. The van der Waals surface area contributed by atoms with Crippen LogP contribution in [0.2, 0.25) is 0 Å². The average Bonchev–Trinajstić information content (AvgIpc) is 2.53. The molecular formula is C11H4F12O6S2. The topological polar surface area (TPSA) is 86.7 Å². The first-order chi connectivity index (χ1) is 13.4. The second-order valence-electron chi connectivity index (χ2n) is 5.16. The zero-order valence-electron chi connectivity index (χ0n) is 13.6. The van der Waals surface area contributed by atoms with E-state index in [1.807, 2.05) is 0 Å². The fourth-order valence-corrected chi connectivity index (χ4v) is 2.79. The molecule has 0 spiro atoms. The summed E-state index contributed by atoms with van der Waals surface area (Å²) in [6, 6.07) is 0.313. The molecule has 0 aliphatic carbocycles. The van der Waals surface area contributed by atoms with Gasteiger partial charge in [-0.05, 0) is 24.3 Å². The molecule has 0 aromatic heterocycles. The molecule has 0 N–H and O–H groups in total. The van der Waals surface area contributed by atoms with Crippen molar-refractivity contribution in [1.82, 2.24) is 0 Å². The molecule has 0 unspecified atom stereocenters. The molecule has 6 nitrogen and oxygen atoms in total. The van der Waals surface area contributed by atoms with Crippen LogP contribution in [0.4, 0.5) is 52.7 Å². The summed E-state index contributed by atoms with van der Waals surface area (Å²) in [5.41, 5.74) is -5.93. The second-order valence-corrected chi connectivity index (χ2v) is 8.28. The molecule has 0 fully saturated rings. The number of halogens is 12. The van der Waals surface area contributed by atoms with E-state index in [-0.39, 0.29) is 24.3 Å². The summed E-state index contributed by atoms with van der Waals surface area (Å²) in [5, 5.41) is -7.17. The van der Waals surface area contributed by atoms with E-state index in [9.17, 15) is 69.5 Å². The van der Waals surface area contributed by atoms with Crippen molar-refractivity contribution in [2.45, 2.75) is 28.8 Å². The van der Waals surface area contributed by atoms with Crippen LogP contribution >= 0.6 is 0 Å². The Kier molecular flexibility index (Phi) is 6.50. The van der Waals surface area contributed by atoms with Crippen LogP contribution in [-0.4, -0.2) is 45.6 Å². The van der Waals surface area contributed by atoms with Crippen molar-refractivity contribution in [3.05, 3.63) is 24.3 Å². The third-order valence-corrected chi connectivity index (χ3v) is 5.22. The molecule has 0 radical (unpaired) electrons. The maximum atomic E-state index is 13.5. The first-order valence-electron chi connectivity index (χ1n) is 6.66. The number of alkyl halides is 12. The van der Waals surface area contributed by atoms with Crippen LogP contribution in [0.15, 0.2) is 24.3 Å². The lowest BCUT2D eigenvalue weighted by molar-refractivity contribution is -0.382. The van der Waals surface area contributed by atoms with Gasteiger partial charge in [0, 0.05) is 0 Å². The van der Waals surface area contributed by atoms with E-state index in [0.717, 1.165) is 0 Å². The van der Waals surface area contributed by atoms with Crippen molar-refractivity contribution < 1.29 is 77.9 Å². The first kappa shape index (κ1) is 26.9. The molecule has 1 aromatic carbocycles. The van der Waals surface area contributed by atoms with Crippen molar-refractivity contribution >= 4 is 20.2 Å². The summed E-state index contributed by atoms with van der Waals surface area (Å²) in [7, 11) is -13.5. The molecule has 0 atom stereocenters. The monoisotopic (exact) mass is 524 g/mol. The van der Waals surface area contributed by atoms with Gasteiger partial charge in [0.05, 0.1) is 0 Å². The van der Waals surface area contributed by atoms with Gasteiger partial charge >= 0.3 is 49.0 Å². The minimum absolute atomic E-state index is 0.0366. The molecule has 0 saturated heterocycles. The maximum absolute atomic E-state index is 13.5. The van der Waals surface area contributed by atoms with Crippen LogP contribution in [0, 0.1) is 0 Å². The average molecular weight is 524 g/mol. The van der Waals surface area contributed by atoms with Crippen LogP contribution in [0.1, 0.15) is 0 Å². The number of hydrogen-bond acceptors (Lipinski definition) is 6. The van der Waals surface area contributed by atoms with Gasteiger partial charge in [-0.25, -0.2) is 0 Å². The molecular weight excluding hydrogens is 520 g/mol. The molecule has 180 valence electrons. The van der Waals surface area contributed by atoms with Crippen LogP contribution in [0.3, 0.4) is 0 Å². The van der Waals surface area contributed by atoms with Gasteiger partial charge in [0.2, 0.25) is 0 Å². The Morgan fingerprint density at radius 1 is 0.548 bits per heavy atom. The number of benzene rings is 1. The highest BCUT2D eigenvalue weighted by molar-refractivity contribution is 7.88. The van der Waals surface area contributed by atoms with Crippen molar-refractivity contribution in [1.29, 1.82) is 0 Å². The van der Waals surface area contributed by atoms with E-state index in [1.165, 1.54) is 0 Å². The Hall–Kier alpha value is -2.12. The standard InChI is InChI=1S/C11H4F12O6S2/c12-7(13,9(16,17)18)8(14,15)10(19,20)30(24,25)28-5-1-3-6(4-2-5)29-31(26,27)11(21,22)23/h1-4H. The fourth-order valence-electron chi connectivity index (χ4n) is 1.42. The normalized spacial score (nSPS) is 15.0. The van der Waals surface area contributed by atoms with Crippen LogP contribution in [0.5, 0.6) is 11.5 Å². The van der Waals surface area contributed by atoms with Gasteiger partial charge in [-0.1, -0.05) is 0 Å². The van der Waals surface area contributed by atoms with E-state index in [2.05, 4.69) is 8.37 Å². The Morgan fingerprint density at radius 3 is 1.16 bits per heavy atom. The van der Waals surface area contributed by atoms with E-state index in [4.69, 9.17) is 0 Å². The Morgan fingerprint density at radius 2 is 0.871 bits per heavy atom. The Labute approximate surface area is 163 Å². The van der Waals surface area contributed by atoms with E-state index >= 15 is 0 Å². The van der Waals surface area contributed by atoms with Crippen molar-refractivity contribution in [2.24, 2.45) is 0 Å². The quantitative estimate of drug-likeness (QED) is 0.304. The zero-order chi connectivity index (χ0) is 24.9. The van der Waals surface area contributed by atoms with Gasteiger partial charge in [-0.2, -0.15) is 69.5 Å². The summed E-state index contributed by atoms with van der Waals surface area (Å²) in [5.74, 6) is -17.9. The smallest absolute Gasteiger partial charge is 0.378 e. The Bertz CT molecular complexity index is 1010. The van der Waals surface area contributed by atoms with Gasteiger partial charge in [-0.3, -0.25) is 0 Å². The SMILES string of the molecule is O=S(=O)(Oc1ccc(OS(=O)(=O)C(F)(F)C(F)(F)C(F)(F)C(F)(F)F)cc1)C(F)(F)F. The minimum Gasteiger partial charge on any atom is -0.378 e. The molecule has 1 aromatic rings. The lowest BCUT2D eigenvalue weighted by Gasteiger charge is -2.32. The van der Waals surface area contributed by atoms with E-state index in [1.54, 1.807) is 0 Å². The first-order valence-corrected chi connectivity index (χ1v) is 9.47. The predicted molar refractivity (Wildman–Crippen MR) is 72.5 cm³/mol. The molecule has 20 heteroatoms. The molecule has 0 aliphatic heterocycles. The molecule has 1 rings (SSSR count). The van der Waals surface area contributed by atoms with E-state index in [0.29, 0.717) is 0 Å². The van der Waals surface area contributed by atoms with Crippen molar-refractivity contribution in [3.8, 4) is 11.5 Å². The molecule has 0 saturated carbocycles. The summed E-state index contributed by atoms with van der Waals surface area (Å²) >= 11 is 0. The minimum atomic E-state index is -7.57. The lowest BCUT2D eigenvalue weighted by Crippen LogP contribution is -2.63. The van der Waals surface area contributed by atoms with Crippen LogP contribution < -0.4 is 8.37 Å². The van der Waals surface area contributed by atoms with Gasteiger partial charge in [0.25, 0.3) is 0 Å². The summed E-state index contributed by atoms with van der Waals surface area (Å²) in [6.45, 7) is 0. The molecule has 0 heterocycles. The second kappa shape index (κ2) is 7.48. The fraction of sp³-hybridized carbons (Fsp3) is 0.455. The zero-order valence-corrected chi connectivity index (χ0v) is 15.2. The number of hydrogen-bond donors (Lipinski definition) is 0. The molecule has 0 aliphatic rings. The van der Waals surface area contributed by atoms with Crippen molar-refractivity contribution in [2.75, 3.05) is 0 Å². The van der Waals surface area contributed by atoms with Crippen LogP contribution in [0.25, 0.3) is 0 Å². The van der Waals surface area contributed by atoms with Crippen LogP contribution in [-0.2, 0) is 20.2 Å². The predicted octanol–water partition coefficient (Wildman–Crippen LogP) is 4.05. The highest BCUT2D eigenvalue weighted by Gasteiger charge is 2.86. The maximum Gasteiger partial charge on any atom is 0.534 e.